The van der Waals surface area contributed by atoms with E-state index in [1.54, 1.807) is 12.4 Å². The number of nitrogens with one attached hydrogen (secondary N) is 1. The number of hydrogen-bond acceptors (Lipinski definition) is 6. The lowest BCUT2D eigenvalue weighted by molar-refractivity contribution is 0.0521. The fraction of sp³-hybridized carbons (Fsp3) is 0.429. The molecule has 0 aromatic carbocycles. The van der Waals surface area contributed by atoms with Crippen molar-refractivity contribution in [3.63, 3.8) is 0 Å². The Bertz CT molecular complexity index is 606. The first-order valence-electron chi connectivity index (χ1n) is 6.73. The Morgan fingerprint density at radius 1 is 1.55 bits per heavy atom. The number of carbonyl (C=O) groups is 1. The average Bonchev–Trinajstić information content (AvgIpc) is 3.07. The summed E-state index contributed by atoms with van der Waals surface area (Å²) in [7, 11) is 0. The molecule has 3 rings (SSSR count). The zero-order valence-corrected chi connectivity index (χ0v) is 12.9. The fourth-order valence-electron chi connectivity index (χ4n) is 2.49. The molecule has 1 N–H and O–H groups in total. The Balaban J connectivity index is 1.80. The zero-order valence-electron chi connectivity index (χ0n) is 11.2. The lowest BCUT2D eigenvalue weighted by atomic mass is 9.94. The minimum absolute atomic E-state index is 0.277. The predicted octanol–water partition coefficient (Wildman–Crippen LogP) is 3.87. The van der Waals surface area contributed by atoms with Crippen LogP contribution < -0.4 is 5.32 Å². The number of hydrogen-bond donors (Lipinski definition) is 1. The van der Waals surface area contributed by atoms with Gasteiger partial charge in [0.25, 0.3) is 0 Å². The number of nitrogens with zero attached hydrogens (tertiary/aromatic N) is 1. The maximum Gasteiger partial charge on any atom is 0.360 e. The van der Waals surface area contributed by atoms with Crippen LogP contribution in [-0.4, -0.2) is 17.6 Å². The van der Waals surface area contributed by atoms with Gasteiger partial charge in [-0.1, -0.05) is 0 Å². The summed E-state index contributed by atoms with van der Waals surface area (Å²) >= 11 is 3.27. The number of esters is 1. The van der Waals surface area contributed by atoms with Gasteiger partial charge in [-0.15, -0.1) is 22.7 Å². The van der Waals surface area contributed by atoms with E-state index in [1.807, 2.05) is 11.3 Å². The van der Waals surface area contributed by atoms with Gasteiger partial charge in [0, 0.05) is 4.88 Å². The molecule has 2 aromatic heterocycles. The van der Waals surface area contributed by atoms with Gasteiger partial charge in [-0.05, 0) is 43.2 Å². The van der Waals surface area contributed by atoms with E-state index in [4.69, 9.17) is 4.74 Å². The van der Waals surface area contributed by atoms with Crippen molar-refractivity contribution in [1.29, 1.82) is 0 Å². The SMILES string of the molecule is CCOC(=O)c1ncsc1NC1CCCc2sccc21. The summed E-state index contributed by atoms with van der Waals surface area (Å²) in [5.41, 5.74) is 3.45. The molecule has 0 bridgehead atoms. The number of carbonyl (C=O) groups excluding carboxylic acids is 1. The molecule has 1 aliphatic rings. The molecule has 6 heteroatoms. The summed E-state index contributed by atoms with van der Waals surface area (Å²) in [4.78, 5) is 17.4. The lowest BCUT2D eigenvalue weighted by Crippen LogP contribution is -2.17. The largest absolute Gasteiger partial charge is 0.461 e. The van der Waals surface area contributed by atoms with E-state index in [1.165, 1.54) is 34.6 Å². The highest BCUT2D eigenvalue weighted by Crippen LogP contribution is 2.37. The second kappa shape index (κ2) is 5.93. The van der Waals surface area contributed by atoms with Gasteiger partial charge in [-0.2, -0.15) is 0 Å². The van der Waals surface area contributed by atoms with E-state index in [-0.39, 0.29) is 12.0 Å². The highest BCUT2D eigenvalue weighted by atomic mass is 32.1. The summed E-state index contributed by atoms with van der Waals surface area (Å²) in [6.07, 6.45) is 3.43. The highest BCUT2D eigenvalue weighted by molar-refractivity contribution is 7.14. The molecule has 0 amide bonds. The Morgan fingerprint density at radius 3 is 3.30 bits per heavy atom. The van der Waals surface area contributed by atoms with Crippen LogP contribution in [0.1, 0.15) is 46.7 Å². The van der Waals surface area contributed by atoms with Crippen LogP contribution in [0, 0.1) is 0 Å². The Kier molecular flexibility index (Phi) is 4.03. The Hall–Kier alpha value is -1.40. The first kappa shape index (κ1) is 13.6. The Labute approximate surface area is 125 Å². The number of aryl methyl sites for hydroxylation is 1. The predicted molar refractivity (Wildman–Crippen MR) is 81.7 cm³/mol. The van der Waals surface area contributed by atoms with Crippen molar-refractivity contribution in [2.24, 2.45) is 0 Å². The topological polar surface area (TPSA) is 51.2 Å². The monoisotopic (exact) mass is 308 g/mol. The van der Waals surface area contributed by atoms with Gasteiger partial charge >= 0.3 is 5.97 Å². The second-order valence-electron chi connectivity index (χ2n) is 4.64. The molecule has 0 spiro atoms. The number of rotatable bonds is 4. The van der Waals surface area contributed by atoms with Crippen molar-refractivity contribution in [2.75, 3.05) is 11.9 Å². The second-order valence-corrected chi connectivity index (χ2v) is 6.49. The van der Waals surface area contributed by atoms with Gasteiger partial charge in [0.05, 0.1) is 18.2 Å². The maximum absolute atomic E-state index is 11.8. The van der Waals surface area contributed by atoms with Gasteiger partial charge in [-0.25, -0.2) is 9.78 Å². The lowest BCUT2D eigenvalue weighted by Gasteiger charge is -2.24. The molecule has 0 aliphatic heterocycles. The first-order chi connectivity index (χ1) is 9.79. The van der Waals surface area contributed by atoms with Crippen LogP contribution in [0.25, 0.3) is 0 Å². The summed E-state index contributed by atoms with van der Waals surface area (Å²) in [5, 5.41) is 6.43. The summed E-state index contributed by atoms with van der Waals surface area (Å²) in [6.45, 7) is 2.17. The number of fused-ring (bicyclic) bond motifs is 1. The van der Waals surface area contributed by atoms with E-state index >= 15 is 0 Å². The number of aromatic nitrogens is 1. The van der Waals surface area contributed by atoms with Gasteiger partial charge in [0.15, 0.2) is 5.69 Å². The Morgan fingerprint density at radius 2 is 2.45 bits per heavy atom. The molecule has 2 heterocycles. The molecule has 4 nitrogen and oxygen atoms in total. The number of ether oxygens (including phenoxy) is 1. The molecule has 106 valence electrons. The van der Waals surface area contributed by atoms with Gasteiger partial charge in [-0.3, -0.25) is 0 Å². The van der Waals surface area contributed by atoms with Gasteiger partial charge < -0.3 is 10.1 Å². The minimum Gasteiger partial charge on any atom is -0.461 e. The van der Waals surface area contributed by atoms with Crippen molar-refractivity contribution >= 4 is 33.6 Å². The van der Waals surface area contributed by atoms with Crippen LogP contribution in [0.3, 0.4) is 0 Å². The van der Waals surface area contributed by atoms with Crippen LogP contribution in [0.15, 0.2) is 17.0 Å². The molecular weight excluding hydrogens is 292 g/mol. The van der Waals surface area contributed by atoms with Gasteiger partial charge in [0.2, 0.25) is 0 Å². The third-order valence-corrected chi connectivity index (χ3v) is 5.15. The molecule has 0 fully saturated rings. The van der Waals surface area contributed by atoms with Crippen molar-refractivity contribution in [2.45, 2.75) is 32.2 Å². The fourth-order valence-corrected chi connectivity index (χ4v) is 4.20. The number of thiophene rings is 1. The smallest absolute Gasteiger partial charge is 0.360 e. The van der Waals surface area contributed by atoms with E-state index < -0.39 is 0 Å². The highest BCUT2D eigenvalue weighted by Gasteiger charge is 2.24. The number of anilines is 1. The summed E-state index contributed by atoms with van der Waals surface area (Å²) in [6, 6.07) is 2.46. The molecule has 1 unspecified atom stereocenters. The standard InChI is InChI=1S/C14H16N2O2S2/c1-2-18-14(17)12-13(20-8-15-12)16-10-4-3-5-11-9(10)6-7-19-11/h6-8,10,16H,2-5H2,1H3. The van der Waals surface area contributed by atoms with Crippen LogP contribution in [0.4, 0.5) is 5.00 Å². The molecule has 0 radical (unpaired) electrons. The van der Waals surface area contributed by atoms with Crippen LogP contribution in [0.5, 0.6) is 0 Å². The summed E-state index contributed by atoms with van der Waals surface area (Å²) in [5.74, 6) is -0.349. The molecule has 1 atom stereocenters. The van der Waals surface area contributed by atoms with Crippen molar-refractivity contribution in [3.8, 4) is 0 Å². The van der Waals surface area contributed by atoms with Crippen molar-refractivity contribution in [1.82, 2.24) is 4.98 Å². The van der Waals surface area contributed by atoms with Crippen LogP contribution >= 0.6 is 22.7 Å². The molecule has 2 aromatic rings. The van der Waals surface area contributed by atoms with E-state index in [2.05, 4.69) is 21.7 Å². The summed E-state index contributed by atoms with van der Waals surface area (Å²) < 4.78 is 5.04. The zero-order chi connectivity index (χ0) is 13.9. The third kappa shape index (κ3) is 2.58. The first-order valence-corrected chi connectivity index (χ1v) is 8.49. The normalized spacial score (nSPS) is 17.6. The van der Waals surface area contributed by atoms with E-state index in [0.717, 1.165) is 11.4 Å². The molecular formula is C14H16N2O2S2. The minimum atomic E-state index is -0.349. The molecule has 0 saturated carbocycles. The average molecular weight is 308 g/mol. The van der Waals surface area contributed by atoms with Crippen LogP contribution in [-0.2, 0) is 11.2 Å². The van der Waals surface area contributed by atoms with E-state index in [0.29, 0.717) is 12.3 Å². The maximum atomic E-state index is 11.8. The number of thiazole rings is 1. The van der Waals surface area contributed by atoms with Crippen molar-refractivity contribution in [3.05, 3.63) is 33.1 Å². The molecule has 20 heavy (non-hydrogen) atoms. The molecule has 1 aliphatic carbocycles. The molecule has 0 saturated heterocycles. The van der Waals surface area contributed by atoms with Crippen LogP contribution in [0.2, 0.25) is 0 Å². The van der Waals surface area contributed by atoms with Crippen molar-refractivity contribution < 1.29 is 9.53 Å². The van der Waals surface area contributed by atoms with Gasteiger partial charge in [0.1, 0.15) is 5.00 Å². The quantitative estimate of drug-likeness (QED) is 0.871. The third-order valence-electron chi connectivity index (χ3n) is 3.39. The van der Waals surface area contributed by atoms with E-state index in [9.17, 15) is 4.79 Å².